The lowest BCUT2D eigenvalue weighted by molar-refractivity contribution is 0.117. The third kappa shape index (κ3) is 5.55. The predicted octanol–water partition coefficient (Wildman–Crippen LogP) is 4.27. The molecular formula is C14H28O. The lowest BCUT2D eigenvalue weighted by Gasteiger charge is -2.28. The molecule has 0 N–H and O–H groups in total. The van der Waals surface area contributed by atoms with Crippen molar-refractivity contribution in [3.8, 4) is 0 Å². The Kier molecular flexibility index (Phi) is 6.31. The van der Waals surface area contributed by atoms with Crippen molar-refractivity contribution >= 4 is 0 Å². The third-order valence-electron chi connectivity index (χ3n) is 3.76. The Morgan fingerprint density at radius 1 is 1.07 bits per heavy atom. The maximum Gasteiger partial charge on any atom is 0.0490 e. The molecule has 1 saturated carbocycles. The van der Waals surface area contributed by atoms with E-state index in [1.54, 1.807) is 0 Å². The minimum absolute atomic E-state index is 0.858. The van der Waals surface area contributed by atoms with Crippen molar-refractivity contribution in [3.05, 3.63) is 0 Å². The van der Waals surface area contributed by atoms with Crippen LogP contribution < -0.4 is 0 Å². The Labute approximate surface area is 95.6 Å². The van der Waals surface area contributed by atoms with Crippen molar-refractivity contribution in [3.63, 3.8) is 0 Å². The molecule has 0 radical (unpaired) electrons. The Bertz CT molecular complexity index is 145. The van der Waals surface area contributed by atoms with Gasteiger partial charge >= 0.3 is 0 Å². The number of ether oxygens (including phenoxy) is 1. The SMILES string of the molecule is COCC1CCC(CCCC(C)C)CC1. The van der Waals surface area contributed by atoms with Crippen molar-refractivity contribution in [2.75, 3.05) is 13.7 Å². The van der Waals surface area contributed by atoms with Crippen LogP contribution in [0, 0.1) is 17.8 Å². The van der Waals surface area contributed by atoms with E-state index in [0.29, 0.717) is 0 Å². The second-order valence-electron chi connectivity index (χ2n) is 5.67. The maximum absolute atomic E-state index is 5.23. The van der Waals surface area contributed by atoms with Crippen molar-refractivity contribution in [2.24, 2.45) is 17.8 Å². The fraction of sp³-hybridized carbons (Fsp3) is 1.00. The van der Waals surface area contributed by atoms with E-state index in [0.717, 1.165) is 24.4 Å². The molecule has 1 aliphatic rings. The standard InChI is InChI=1S/C14H28O/c1-12(2)5-4-6-13-7-9-14(10-8-13)11-15-3/h12-14H,4-11H2,1-3H3. The first-order chi connectivity index (χ1) is 7.22. The van der Waals surface area contributed by atoms with Gasteiger partial charge in [0.15, 0.2) is 0 Å². The predicted molar refractivity (Wildman–Crippen MR) is 66.0 cm³/mol. The molecular weight excluding hydrogens is 184 g/mol. The zero-order valence-corrected chi connectivity index (χ0v) is 10.8. The molecule has 1 heteroatoms. The summed E-state index contributed by atoms with van der Waals surface area (Å²) in [6, 6.07) is 0. The van der Waals surface area contributed by atoms with Crippen molar-refractivity contribution < 1.29 is 4.74 Å². The second kappa shape index (κ2) is 7.27. The Morgan fingerprint density at radius 2 is 1.67 bits per heavy atom. The fourth-order valence-electron chi connectivity index (χ4n) is 2.74. The Morgan fingerprint density at radius 3 is 2.20 bits per heavy atom. The van der Waals surface area contributed by atoms with Crippen LogP contribution in [0.3, 0.4) is 0 Å². The normalized spacial score (nSPS) is 27.2. The molecule has 0 amide bonds. The van der Waals surface area contributed by atoms with Gasteiger partial charge in [0.1, 0.15) is 0 Å². The summed E-state index contributed by atoms with van der Waals surface area (Å²) < 4.78 is 5.23. The molecule has 1 rings (SSSR count). The Balaban J connectivity index is 2.04. The van der Waals surface area contributed by atoms with Crippen molar-refractivity contribution in [1.82, 2.24) is 0 Å². The van der Waals surface area contributed by atoms with Crippen LogP contribution in [0.1, 0.15) is 58.8 Å². The number of hydrogen-bond acceptors (Lipinski definition) is 1. The molecule has 0 bridgehead atoms. The van der Waals surface area contributed by atoms with E-state index in [9.17, 15) is 0 Å². The summed E-state index contributed by atoms with van der Waals surface area (Å²) in [4.78, 5) is 0. The van der Waals surface area contributed by atoms with Gasteiger partial charge in [-0.25, -0.2) is 0 Å². The molecule has 0 unspecified atom stereocenters. The topological polar surface area (TPSA) is 9.23 Å². The van der Waals surface area contributed by atoms with Crippen LogP contribution in [0.5, 0.6) is 0 Å². The van der Waals surface area contributed by atoms with Crippen LogP contribution in [0.2, 0.25) is 0 Å². The lowest BCUT2D eigenvalue weighted by Crippen LogP contribution is -2.18. The first-order valence-corrected chi connectivity index (χ1v) is 6.71. The lowest BCUT2D eigenvalue weighted by atomic mass is 9.80. The highest BCUT2D eigenvalue weighted by atomic mass is 16.5. The van der Waals surface area contributed by atoms with Gasteiger partial charge in [0.2, 0.25) is 0 Å². The van der Waals surface area contributed by atoms with Gasteiger partial charge in [0, 0.05) is 13.7 Å². The van der Waals surface area contributed by atoms with Crippen molar-refractivity contribution in [2.45, 2.75) is 58.8 Å². The minimum atomic E-state index is 0.858. The maximum atomic E-state index is 5.23. The van der Waals surface area contributed by atoms with Crippen LogP contribution in [-0.2, 0) is 4.74 Å². The smallest absolute Gasteiger partial charge is 0.0490 e. The summed E-state index contributed by atoms with van der Waals surface area (Å²) in [5.41, 5.74) is 0. The van der Waals surface area contributed by atoms with E-state index in [1.165, 1.54) is 44.9 Å². The molecule has 1 aliphatic carbocycles. The minimum Gasteiger partial charge on any atom is -0.384 e. The molecule has 0 spiro atoms. The highest BCUT2D eigenvalue weighted by Crippen LogP contribution is 2.32. The molecule has 90 valence electrons. The number of rotatable bonds is 6. The van der Waals surface area contributed by atoms with Gasteiger partial charge in [-0.15, -0.1) is 0 Å². The van der Waals surface area contributed by atoms with Gasteiger partial charge in [-0.3, -0.25) is 0 Å². The summed E-state index contributed by atoms with van der Waals surface area (Å²) in [5.74, 6) is 2.77. The van der Waals surface area contributed by atoms with Crippen LogP contribution in [0.25, 0.3) is 0 Å². The zero-order chi connectivity index (χ0) is 11.1. The van der Waals surface area contributed by atoms with E-state index in [-0.39, 0.29) is 0 Å². The summed E-state index contributed by atoms with van der Waals surface area (Å²) in [6.07, 6.45) is 10.0. The average molecular weight is 212 g/mol. The molecule has 1 fully saturated rings. The van der Waals surface area contributed by atoms with Gasteiger partial charge in [0.05, 0.1) is 0 Å². The molecule has 1 nitrogen and oxygen atoms in total. The van der Waals surface area contributed by atoms with E-state index in [2.05, 4.69) is 13.8 Å². The fourth-order valence-corrected chi connectivity index (χ4v) is 2.74. The highest BCUT2D eigenvalue weighted by molar-refractivity contribution is 4.72. The zero-order valence-electron chi connectivity index (χ0n) is 10.8. The molecule has 15 heavy (non-hydrogen) atoms. The second-order valence-corrected chi connectivity index (χ2v) is 5.67. The quantitative estimate of drug-likeness (QED) is 0.639. The number of methoxy groups -OCH3 is 1. The Hall–Kier alpha value is -0.0400. The van der Waals surface area contributed by atoms with E-state index in [1.807, 2.05) is 7.11 Å². The average Bonchev–Trinajstić information content (AvgIpc) is 2.20. The first kappa shape index (κ1) is 13.0. The van der Waals surface area contributed by atoms with Gasteiger partial charge in [-0.1, -0.05) is 46.0 Å². The van der Waals surface area contributed by atoms with E-state index in [4.69, 9.17) is 4.74 Å². The van der Waals surface area contributed by atoms with Gasteiger partial charge in [0.25, 0.3) is 0 Å². The molecule has 0 heterocycles. The van der Waals surface area contributed by atoms with Gasteiger partial charge < -0.3 is 4.74 Å². The third-order valence-corrected chi connectivity index (χ3v) is 3.76. The van der Waals surface area contributed by atoms with Crippen LogP contribution in [-0.4, -0.2) is 13.7 Å². The van der Waals surface area contributed by atoms with Crippen LogP contribution in [0.4, 0.5) is 0 Å². The van der Waals surface area contributed by atoms with Gasteiger partial charge in [-0.2, -0.15) is 0 Å². The summed E-state index contributed by atoms with van der Waals surface area (Å²) in [6.45, 7) is 5.64. The van der Waals surface area contributed by atoms with E-state index >= 15 is 0 Å². The molecule has 0 aromatic heterocycles. The van der Waals surface area contributed by atoms with E-state index < -0.39 is 0 Å². The number of hydrogen-bond donors (Lipinski definition) is 0. The highest BCUT2D eigenvalue weighted by Gasteiger charge is 2.20. The molecule has 0 aromatic rings. The monoisotopic (exact) mass is 212 g/mol. The molecule has 0 aromatic carbocycles. The molecule has 0 atom stereocenters. The molecule has 0 aliphatic heterocycles. The first-order valence-electron chi connectivity index (χ1n) is 6.71. The van der Waals surface area contributed by atoms with Crippen LogP contribution in [0.15, 0.2) is 0 Å². The largest absolute Gasteiger partial charge is 0.384 e. The summed E-state index contributed by atoms with van der Waals surface area (Å²) in [7, 11) is 1.83. The van der Waals surface area contributed by atoms with Gasteiger partial charge in [-0.05, 0) is 30.6 Å². The van der Waals surface area contributed by atoms with Crippen molar-refractivity contribution in [1.29, 1.82) is 0 Å². The summed E-state index contributed by atoms with van der Waals surface area (Å²) in [5, 5.41) is 0. The summed E-state index contributed by atoms with van der Waals surface area (Å²) >= 11 is 0. The molecule has 0 saturated heterocycles. The van der Waals surface area contributed by atoms with Crippen LogP contribution >= 0.6 is 0 Å².